The molecule has 0 saturated carbocycles. The van der Waals surface area contributed by atoms with E-state index in [1.165, 1.54) is 18.2 Å². The maximum Gasteiger partial charge on any atom is 0.257 e. The summed E-state index contributed by atoms with van der Waals surface area (Å²) in [6.07, 6.45) is 2.66. The van der Waals surface area contributed by atoms with E-state index in [0.717, 1.165) is 6.26 Å². The molecule has 0 unspecified atom stereocenters. The monoisotopic (exact) mass is 380 g/mol. The first-order chi connectivity index (χ1) is 11.8. The number of sulfonamides is 1. The maximum atomic E-state index is 12.4. The highest BCUT2D eigenvalue weighted by molar-refractivity contribution is 7.92. The molecule has 2 rings (SSSR count). The predicted octanol–water partition coefficient (Wildman–Crippen LogP) is 3.53. The Hall–Kier alpha value is -2.51. The lowest BCUT2D eigenvalue weighted by atomic mass is 10.2. The number of ether oxygens (including phenoxy) is 1. The molecule has 0 bridgehead atoms. The largest absolute Gasteiger partial charge is 0.490 e. The minimum atomic E-state index is -3.45. The Labute approximate surface area is 151 Å². The second-order valence-electron chi connectivity index (χ2n) is 5.15. The summed E-state index contributed by atoms with van der Waals surface area (Å²) in [5.74, 6) is 0.192. The molecule has 0 heterocycles. The fraction of sp³-hybridized carbons (Fsp3) is 0.118. The molecular weight excluding hydrogens is 364 g/mol. The van der Waals surface area contributed by atoms with Crippen LogP contribution in [0.4, 0.5) is 11.4 Å². The molecule has 0 radical (unpaired) electrons. The van der Waals surface area contributed by atoms with Gasteiger partial charge in [0, 0.05) is 11.4 Å². The van der Waals surface area contributed by atoms with E-state index in [2.05, 4.69) is 16.6 Å². The highest BCUT2D eigenvalue weighted by atomic mass is 35.5. The molecule has 2 aromatic rings. The van der Waals surface area contributed by atoms with Crippen molar-refractivity contribution in [3.8, 4) is 5.75 Å². The Morgan fingerprint density at radius 3 is 2.44 bits per heavy atom. The van der Waals surface area contributed by atoms with Crippen molar-refractivity contribution < 1.29 is 17.9 Å². The molecule has 8 heteroatoms. The minimum Gasteiger partial charge on any atom is -0.490 e. The van der Waals surface area contributed by atoms with Crippen LogP contribution in [-0.2, 0) is 10.0 Å². The second-order valence-corrected chi connectivity index (χ2v) is 7.30. The third-order valence-corrected chi connectivity index (χ3v) is 3.93. The number of hydrogen-bond donors (Lipinski definition) is 2. The third-order valence-electron chi connectivity index (χ3n) is 2.99. The zero-order chi connectivity index (χ0) is 18.4. The van der Waals surface area contributed by atoms with Gasteiger partial charge in [0.2, 0.25) is 10.0 Å². The number of carbonyl (C=O) groups excluding carboxylic acids is 1. The van der Waals surface area contributed by atoms with E-state index in [9.17, 15) is 13.2 Å². The summed E-state index contributed by atoms with van der Waals surface area (Å²) < 4.78 is 30.3. The van der Waals surface area contributed by atoms with E-state index in [4.69, 9.17) is 16.3 Å². The lowest BCUT2D eigenvalue weighted by molar-refractivity contribution is 0.102. The van der Waals surface area contributed by atoms with Crippen LogP contribution in [0.3, 0.4) is 0 Å². The molecule has 0 fully saturated rings. The molecule has 6 nitrogen and oxygen atoms in total. The second kappa shape index (κ2) is 8.04. The minimum absolute atomic E-state index is 0.155. The predicted molar refractivity (Wildman–Crippen MR) is 100 cm³/mol. The van der Waals surface area contributed by atoms with Crippen LogP contribution in [0.15, 0.2) is 55.1 Å². The number of hydrogen-bond acceptors (Lipinski definition) is 4. The van der Waals surface area contributed by atoms with E-state index >= 15 is 0 Å². The number of rotatable bonds is 7. The van der Waals surface area contributed by atoms with Gasteiger partial charge in [-0.15, -0.1) is 0 Å². The number of benzene rings is 2. The quantitative estimate of drug-likeness (QED) is 0.719. The van der Waals surface area contributed by atoms with Crippen LogP contribution in [0.1, 0.15) is 10.4 Å². The lowest BCUT2D eigenvalue weighted by Crippen LogP contribution is -2.14. The van der Waals surface area contributed by atoms with Crippen LogP contribution >= 0.6 is 11.6 Å². The van der Waals surface area contributed by atoms with Crippen molar-refractivity contribution in [1.82, 2.24) is 0 Å². The highest BCUT2D eigenvalue weighted by Crippen LogP contribution is 2.23. The van der Waals surface area contributed by atoms with Gasteiger partial charge in [-0.05, 0) is 42.5 Å². The zero-order valence-corrected chi connectivity index (χ0v) is 15.0. The Kier molecular flexibility index (Phi) is 6.06. The first-order valence-electron chi connectivity index (χ1n) is 7.21. The topological polar surface area (TPSA) is 84.5 Å². The summed E-state index contributed by atoms with van der Waals surface area (Å²) in [6, 6.07) is 11.1. The van der Waals surface area contributed by atoms with Crippen LogP contribution in [0.5, 0.6) is 5.75 Å². The van der Waals surface area contributed by atoms with E-state index in [0.29, 0.717) is 18.0 Å². The molecule has 25 heavy (non-hydrogen) atoms. The van der Waals surface area contributed by atoms with Crippen molar-refractivity contribution in [2.24, 2.45) is 0 Å². The Morgan fingerprint density at radius 2 is 1.84 bits per heavy atom. The summed E-state index contributed by atoms with van der Waals surface area (Å²) in [6.45, 7) is 3.96. The molecule has 2 aromatic carbocycles. The third kappa shape index (κ3) is 5.81. The van der Waals surface area contributed by atoms with Gasteiger partial charge in [-0.25, -0.2) is 8.42 Å². The maximum absolute atomic E-state index is 12.4. The number of anilines is 2. The summed E-state index contributed by atoms with van der Waals surface area (Å²) in [5, 5.41) is 2.91. The average molecular weight is 381 g/mol. The molecule has 0 aromatic heterocycles. The summed E-state index contributed by atoms with van der Waals surface area (Å²) in [7, 11) is -3.45. The number of carbonyl (C=O) groups is 1. The van der Waals surface area contributed by atoms with Crippen LogP contribution in [-0.4, -0.2) is 27.2 Å². The van der Waals surface area contributed by atoms with Gasteiger partial charge in [-0.2, -0.15) is 0 Å². The molecule has 1 amide bonds. The summed E-state index contributed by atoms with van der Waals surface area (Å²) in [5.41, 5.74) is 0.959. The van der Waals surface area contributed by atoms with Crippen molar-refractivity contribution in [2.75, 3.05) is 22.9 Å². The molecule has 2 N–H and O–H groups in total. The van der Waals surface area contributed by atoms with Gasteiger partial charge in [0.25, 0.3) is 5.91 Å². The van der Waals surface area contributed by atoms with Crippen LogP contribution in [0, 0.1) is 0 Å². The fourth-order valence-electron chi connectivity index (χ4n) is 1.96. The molecule has 0 saturated heterocycles. The van der Waals surface area contributed by atoms with Gasteiger partial charge < -0.3 is 10.1 Å². The first kappa shape index (κ1) is 18.8. The van der Waals surface area contributed by atoms with Gasteiger partial charge in [-0.1, -0.05) is 24.3 Å². The zero-order valence-electron chi connectivity index (χ0n) is 13.5. The molecule has 0 spiro atoms. The SMILES string of the molecule is C=CCOc1ccc(NC(=O)c2cc(NS(C)(=O)=O)ccc2Cl)cc1. The number of amides is 1. The van der Waals surface area contributed by atoms with Crippen molar-refractivity contribution in [1.29, 1.82) is 0 Å². The Bertz CT molecular complexity index is 880. The van der Waals surface area contributed by atoms with Gasteiger partial charge in [0.15, 0.2) is 0 Å². The molecule has 0 atom stereocenters. The van der Waals surface area contributed by atoms with E-state index in [1.807, 2.05) is 0 Å². The van der Waals surface area contributed by atoms with E-state index in [1.54, 1.807) is 30.3 Å². The lowest BCUT2D eigenvalue weighted by Gasteiger charge is -2.10. The normalized spacial score (nSPS) is 10.8. The summed E-state index contributed by atoms with van der Waals surface area (Å²) in [4.78, 5) is 12.4. The highest BCUT2D eigenvalue weighted by Gasteiger charge is 2.13. The molecule has 0 aliphatic heterocycles. The van der Waals surface area contributed by atoms with E-state index in [-0.39, 0.29) is 16.3 Å². The number of halogens is 1. The van der Waals surface area contributed by atoms with Crippen LogP contribution in [0.25, 0.3) is 0 Å². The molecule has 0 aliphatic carbocycles. The van der Waals surface area contributed by atoms with Crippen LogP contribution in [0.2, 0.25) is 5.02 Å². The standard InChI is InChI=1S/C17H17ClN2O4S/c1-3-10-24-14-7-4-12(5-8-14)19-17(21)15-11-13(6-9-16(15)18)20-25(2,22)23/h3-9,11,20H,1,10H2,2H3,(H,19,21). The van der Waals surface area contributed by atoms with Crippen molar-refractivity contribution in [2.45, 2.75) is 0 Å². The van der Waals surface area contributed by atoms with Gasteiger partial charge >= 0.3 is 0 Å². The molecule has 132 valence electrons. The smallest absolute Gasteiger partial charge is 0.257 e. The fourth-order valence-corrected chi connectivity index (χ4v) is 2.72. The average Bonchev–Trinajstić information content (AvgIpc) is 2.54. The van der Waals surface area contributed by atoms with Crippen molar-refractivity contribution in [3.63, 3.8) is 0 Å². The van der Waals surface area contributed by atoms with Gasteiger partial charge in [-0.3, -0.25) is 9.52 Å². The molecular formula is C17H17ClN2O4S. The first-order valence-corrected chi connectivity index (χ1v) is 9.48. The Balaban J connectivity index is 2.14. The van der Waals surface area contributed by atoms with Crippen molar-refractivity contribution >= 4 is 38.9 Å². The summed E-state index contributed by atoms with van der Waals surface area (Å²) >= 11 is 6.04. The number of nitrogens with one attached hydrogen (secondary N) is 2. The molecule has 0 aliphatic rings. The van der Waals surface area contributed by atoms with E-state index < -0.39 is 15.9 Å². The van der Waals surface area contributed by atoms with Crippen molar-refractivity contribution in [3.05, 3.63) is 65.7 Å². The van der Waals surface area contributed by atoms with Crippen LogP contribution < -0.4 is 14.8 Å². The van der Waals surface area contributed by atoms with Gasteiger partial charge in [0.1, 0.15) is 12.4 Å². The Morgan fingerprint density at radius 1 is 1.20 bits per heavy atom. The van der Waals surface area contributed by atoms with Gasteiger partial charge in [0.05, 0.1) is 16.8 Å².